The average molecular weight is 436 g/mol. The Balaban J connectivity index is 1.60. The molecule has 3 aromatic rings. The monoisotopic (exact) mass is 435 g/mol. The zero-order chi connectivity index (χ0) is 22.2. The number of aliphatic hydroxyl groups is 1. The molecule has 4 rings (SSSR count). The minimum atomic E-state index is -0.0588. The van der Waals surface area contributed by atoms with Crippen molar-refractivity contribution in [3.05, 3.63) is 71.3 Å². The van der Waals surface area contributed by atoms with Crippen LogP contribution in [0, 0.1) is 5.92 Å². The molecule has 160 valence electrons. The van der Waals surface area contributed by atoms with Crippen LogP contribution in [0.5, 0.6) is 0 Å². The highest BCUT2D eigenvalue weighted by molar-refractivity contribution is 6.33. The van der Waals surface area contributed by atoms with E-state index in [0.717, 1.165) is 27.9 Å². The van der Waals surface area contributed by atoms with E-state index >= 15 is 0 Å². The van der Waals surface area contributed by atoms with Gasteiger partial charge in [0.25, 0.3) is 5.91 Å². The number of aliphatic hydroxyl groups excluding tert-OH is 1. The average Bonchev–Trinajstić information content (AvgIpc) is 2.72. The van der Waals surface area contributed by atoms with Gasteiger partial charge in [0.1, 0.15) is 0 Å². The Bertz CT molecular complexity index is 1120. The van der Waals surface area contributed by atoms with E-state index in [1.54, 1.807) is 23.2 Å². The van der Waals surface area contributed by atoms with Crippen molar-refractivity contribution in [1.29, 1.82) is 0 Å². The van der Waals surface area contributed by atoms with Crippen LogP contribution >= 0.6 is 11.6 Å². The molecule has 2 aromatic heterocycles. The van der Waals surface area contributed by atoms with Crippen molar-refractivity contribution in [2.75, 3.05) is 19.7 Å². The fourth-order valence-electron chi connectivity index (χ4n) is 3.68. The molecule has 3 heterocycles. The van der Waals surface area contributed by atoms with Gasteiger partial charge in [0.05, 0.1) is 0 Å². The first kappa shape index (κ1) is 21.5. The largest absolute Gasteiger partial charge is 0.396 e. The van der Waals surface area contributed by atoms with Crippen LogP contribution in [0.1, 0.15) is 36.8 Å². The summed E-state index contributed by atoms with van der Waals surface area (Å²) in [5, 5.41) is 9.66. The Labute approximate surface area is 187 Å². The van der Waals surface area contributed by atoms with Gasteiger partial charge in [-0.05, 0) is 35.9 Å². The molecular formula is C25H26ClN3O2. The van der Waals surface area contributed by atoms with Crippen LogP contribution in [0.15, 0.2) is 55.0 Å². The Morgan fingerprint density at radius 3 is 2.52 bits per heavy atom. The number of benzene rings is 1. The lowest BCUT2D eigenvalue weighted by Gasteiger charge is -2.38. The molecule has 1 aliphatic heterocycles. The van der Waals surface area contributed by atoms with Crippen molar-refractivity contribution in [1.82, 2.24) is 14.9 Å². The Hall–Kier alpha value is -2.76. The number of carbonyl (C=O) groups is 1. The molecule has 1 saturated heterocycles. The van der Waals surface area contributed by atoms with E-state index in [0.29, 0.717) is 23.7 Å². The first-order valence-corrected chi connectivity index (χ1v) is 10.8. The number of rotatable bonds is 4. The molecule has 1 fully saturated rings. The third-order valence-electron chi connectivity index (χ3n) is 5.63. The summed E-state index contributed by atoms with van der Waals surface area (Å²) in [5.41, 5.74) is 5.28. The normalized spacial score (nSPS) is 14.4. The summed E-state index contributed by atoms with van der Waals surface area (Å²) in [6.45, 7) is 7.70. The van der Waals surface area contributed by atoms with Gasteiger partial charge in [-0.3, -0.25) is 14.8 Å². The summed E-state index contributed by atoms with van der Waals surface area (Å²) in [6, 6.07) is 11.5. The van der Waals surface area contributed by atoms with Crippen LogP contribution in [-0.4, -0.2) is 45.6 Å². The molecule has 0 bridgehead atoms. The van der Waals surface area contributed by atoms with Gasteiger partial charge in [-0.15, -0.1) is 0 Å². The third-order valence-corrected chi connectivity index (χ3v) is 5.94. The van der Waals surface area contributed by atoms with Gasteiger partial charge in [-0.1, -0.05) is 38.4 Å². The lowest BCUT2D eigenvalue weighted by molar-refractivity contribution is 0.0362. The molecule has 0 saturated carbocycles. The van der Waals surface area contributed by atoms with Crippen LogP contribution in [0.3, 0.4) is 0 Å². The molecule has 0 aliphatic carbocycles. The number of amides is 1. The predicted molar refractivity (Wildman–Crippen MR) is 123 cm³/mol. The highest BCUT2D eigenvalue weighted by Crippen LogP contribution is 2.33. The van der Waals surface area contributed by atoms with Crippen LogP contribution in [0.4, 0.5) is 0 Å². The molecule has 31 heavy (non-hydrogen) atoms. The van der Waals surface area contributed by atoms with E-state index in [4.69, 9.17) is 16.7 Å². The summed E-state index contributed by atoms with van der Waals surface area (Å²) in [7, 11) is 0. The number of nitrogens with zero attached hydrogens (tertiary/aromatic N) is 3. The SMILES string of the molecule is CC(C)(C)c1cc(-c2cncc(-c3ccc(C(=O)N4CC(CO)C4)cc3Cl)c2)ccn1. The number of hydrogen-bond donors (Lipinski definition) is 1. The highest BCUT2D eigenvalue weighted by Gasteiger charge is 2.30. The molecule has 0 spiro atoms. The maximum absolute atomic E-state index is 12.6. The molecule has 0 radical (unpaired) electrons. The van der Waals surface area contributed by atoms with E-state index in [-0.39, 0.29) is 23.8 Å². The Morgan fingerprint density at radius 2 is 1.84 bits per heavy atom. The molecular weight excluding hydrogens is 410 g/mol. The van der Waals surface area contributed by atoms with E-state index < -0.39 is 0 Å². The summed E-state index contributed by atoms with van der Waals surface area (Å²) in [4.78, 5) is 23.3. The zero-order valence-corrected chi connectivity index (χ0v) is 18.7. The van der Waals surface area contributed by atoms with Crippen LogP contribution in [-0.2, 0) is 5.41 Å². The maximum atomic E-state index is 12.6. The smallest absolute Gasteiger partial charge is 0.253 e. The summed E-state index contributed by atoms with van der Waals surface area (Å²) in [6.07, 6.45) is 5.44. The summed E-state index contributed by atoms with van der Waals surface area (Å²) in [5.74, 6) is 0.121. The second kappa shape index (κ2) is 8.40. The van der Waals surface area contributed by atoms with Gasteiger partial charge < -0.3 is 10.0 Å². The molecule has 1 aliphatic rings. The Morgan fingerprint density at radius 1 is 1.10 bits per heavy atom. The molecule has 6 heteroatoms. The quantitative estimate of drug-likeness (QED) is 0.637. The van der Waals surface area contributed by atoms with Gasteiger partial charge in [-0.25, -0.2) is 0 Å². The van der Waals surface area contributed by atoms with Gasteiger partial charge in [0, 0.05) is 82.6 Å². The first-order chi connectivity index (χ1) is 14.8. The lowest BCUT2D eigenvalue weighted by Crippen LogP contribution is -2.51. The number of aromatic nitrogens is 2. The van der Waals surface area contributed by atoms with Crippen molar-refractivity contribution in [3.8, 4) is 22.3 Å². The van der Waals surface area contributed by atoms with Gasteiger partial charge in [-0.2, -0.15) is 0 Å². The van der Waals surface area contributed by atoms with Crippen LogP contribution < -0.4 is 0 Å². The third kappa shape index (κ3) is 4.48. The molecule has 1 amide bonds. The molecule has 0 unspecified atom stereocenters. The molecule has 1 aromatic carbocycles. The predicted octanol–water partition coefficient (Wildman–Crippen LogP) is 4.83. The van der Waals surface area contributed by atoms with E-state index in [1.807, 2.05) is 24.5 Å². The van der Waals surface area contributed by atoms with E-state index in [9.17, 15) is 4.79 Å². The summed E-state index contributed by atoms with van der Waals surface area (Å²) < 4.78 is 0. The zero-order valence-electron chi connectivity index (χ0n) is 18.0. The standard InChI is InChI=1S/C25H26ClN3O2/c1-25(2,3)23-10-17(6-7-28-23)19-8-20(12-27-11-19)21-5-4-18(9-22(21)26)24(31)29-13-16(14-29)15-30/h4-12,16,30H,13-15H2,1-3H3. The fraction of sp³-hybridized carbons (Fsp3) is 0.320. The van der Waals surface area contributed by atoms with Crippen molar-refractivity contribution >= 4 is 17.5 Å². The van der Waals surface area contributed by atoms with Gasteiger partial charge in [0.2, 0.25) is 0 Å². The number of likely N-dealkylation sites (tertiary alicyclic amines) is 1. The maximum Gasteiger partial charge on any atom is 0.253 e. The van der Waals surface area contributed by atoms with Crippen molar-refractivity contribution in [2.24, 2.45) is 5.92 Å². The number of pyridine rings is 2. The Kier molecular flexibility index (Phi) is 5.82. The van der Waals surface area contributed by atoms with Crippen molar-refractivity contribution in [3.63, 3.8) is 0 Å². The van der Waals surface area contributed by atoms with Gasteiger partial charge in [0.15, 0.2) is 0 Å². The van der Waals surface area contributed by atoms with E-state index in [1.165, 1.54) is 0 Å². The topological polar surface area (TPSA) is 66.3 Å². The highest BCUT2D eigenvalue weighted by atomic mass is 35.5. The minimum absolute atomic E-state index is 0.0413. The molecule has 1 N–H and O–H groups in total. The van der Waals surface area contributed by atoms with E-state index in [2.05, 4.69) is 42.9 Å². The molecule has 0 atom stereocenters. The lowest BCUT2D eigenvalue weighted by atomic mass is 9.90. The number of carbonyl (C=O) groups excluding carboxylic acids is 1. The second-order valence-electron chi connectivity index (χ2n) is 9.10. The summed E-state index contributed by atoms with van der Waals surface area (Å²) >= 11 is 6.56. The van der Waals surface area contributed by atoms with Crippen LogP contribution in [0.25, 0.3) is 22.3 Å². The number of halogens is 1. The van der Waals surface area contributed by atoms with Gasteiger partial charge >= 0.3 is 0 Å². The molecule has 5 nitrogen and oxygen atoms in total. The fourth-order valence-corrected chi connectivity index (χ4v) is 3.97. The van der Waals surface area contributed by atoms with Crippen molar-refractivity contribution in [2.45, 2.75) is 26.2 Å². The first-order valence-electron chi connectivity index (χ1n) is 10.4. The number of hydrogen-bond acceptors (Lipinski definition) is 4. The minimum Gasteiger partial charge on any atom is -0.396 e. The van der Waals surface area contributed by atoms with Crippen molar-refractivity contribution < 1.29 is 9.90 Å². The van der Waals surface area contributed by atoms with Crippen LogP contribution in [0.2, 0.25) is 5.02 Å². The second-order valence-corrected chi connectivity index (χ2v) is 9.50.